The monoisotopic (exact) mass is 366 g/mol. The van der Waals surface area contributed by atoms with Crippen molar-refractivity contribution in [1.82, 2.24) is 0 Å². The summed E-state index contributed by atoms with van der Waals surface area (Å²) in [6.45, 7) is 7.02. The van der Waals surface area contributed by atoms with Gasteiger partial charge in [0.05, 0.1) is 11.6 Å². The first kappa shape index (κ1) is 20.0. The number of ether oxygens (including phenoxy) is 2. The number of carbonyl (C=O) groups excluding carboxylic acids is 2. The van der Waals surface area contributed by atoms with Crippen LogP contribution < -0.4 is 10.1 Å². The van der Waals surface area contributed by atoms with Crippen LogP contribution in [0.25, 0.3) is 0 Å². The van der Waals surface area contributed by atoms with E-state index in [2.05, 4.69) is 5.32 Å². The van der Waals surface area contributed by atoms with E-state index in [0.29, 0.717) is 17.0 Å². The van der Waals surface area contributed by atoms with E-state index in [9.17, 15) is 9.59 Å². The average Bonchev–Trinajstić information content (AvgIpc) is 2.61. The van der Waals surface area contributed by atoms with Crippen molar-refractivity contribution in [2.75, 3.05) is 11.9 Å². The molecular formula is C21H22N2O4. The number of hydrogen-bond acceptors (Lipinski definition) is 5. The van der Waals surface area contributed by atoms with Crippen molar-refractivity contribution in [1.29, 1.82) is 5.26 Å². The molecule has 0 heterocycles. The molecule has 0 spiro atoms. The zero-order valence-electron chi connectivity index (χ0n) is 15.8. The molecule has 0 aliphatic rings. The molecule has 140 valence electrons. The molecule has 2 aromatic rings. The molecule has 2 aromatic carbocycles. The zero-order valence-corrected chi connectivity index (χ0v) is 15.8. The highest BCUT2D eigenvalue weighted by atomic mass is 16.6. The lowest BCUT2D eigenvalue weighted by Gasteiger charge is -2.15. The molecule has 0 aliphatic heterocycles. The Morgan fingerprint density at radius 1 is 1.11 bits per heavy atom. The Bertz CT molecular complexity index is 859. The number of benzene rings is 2. The summed E-state index contributed by atoms with van der Waals surface area (Å²) in [5.41, 5.74) is 4.00. The number of esters is 1. The van der Waals surface area contributed by atoms with Crippen LogP contribution in [0.2, 0.25) is 0 Å². The van der Waals surface area contributed by atoms with Gasteiger partial charge in [-0.1, -0.05) is 17.7 Å². The number of carbonyl (C=O) groups is 2. The van der Waals surface area contributed by atoms with Gasteiger partial charge in [-0.25, -0.2) is 4.79 Å². The molecule has 2 rings (SSSR count). The van der Waals surface area contributed by atoms with Gasteiger partial charge in [-0.15, -0.1) is 0 Å². The molecule has 6 nitrogen and oxygen atoms in total. The maximum absolute atomic E-state index is 12.1. The van der Waals surface area contributed by atoms with Gasteiger partial charge in [-0.3, -0.25) is 4.79 Å². The summed E-state index contributed by atoms with van der Waals surface area (Å²) >= 11 is 0. The molecular weight excluding hydrogens is 344 g/mol. The highest BCUT2D eigenvalue weighted by Gasteiger charge is 2.19. The van der Waals surface area contributed by atoms with Crippen molar-refractivity contribution < 1.29 is 19.1 Å². The molecule has 1 N–H and O–H groups in total. The number of amides is 1. The third-order valence-electron chi connectivity index (χ3n) is 3.90. The molecule has 27 heavy (non-hydrogen) atoms. The number of anilines is 1. The standard InChI is InChI=1S/C21H22N2O4/c1-13-9-14(2)20(15(3)10-13)26-12-19(24)27-16(4)21(25)23-18-7-5-17(11-22)6-8-18/h5-10,16H,12H2,1-4H3,(H,23,25)/t16-/m0/s1. The average molecular weight is 366 g/mol. The highest BCUT2D eigenvalue weighted by molar-refractivity contribution is 5.95. The number of nitrogens with one attached hydrogen (secondary N) is 1. The van der Waals surface area contributed by atoms with Gasteiger partial charge in [-0.2, -0.15) is 5.26 Å². The van der Waals surface area contributed by atoms with Crippen molar-refractivity contribution >= 4 is 17.6 Å². The van der Waals surface area contributed by atoms with Gasteiger partial charge >= 0.3 is 5.97 Å². The Hall–Kier alpha value is -3.33. The smallest absolute Gasteiger partial charge is 0.344 e. The highest BCUT2D eigenvalue weighted by Crippen LogP contribution is 2.24. The fraction of sp³-hybridized carbons (Fsp3) is 0.286. The van der Waals surface area contributed by atoms with Gasteiger partial charge in [0.1, 0.15) is 5.75 Å². The fourth-order valence-electron chi connectivity index (χ4n) is 2.68. The van der Waals surface area contributed by atoms with Crippen LogP contribution in [-0.2, 0) is 14.3 Å². The minimum absolute atomic E-state index is 0.279. The Labute approximate surface area is 158 Å². The first-order valence-electron chi connectivity index (χ1n) is 8.51. The molecule has 0 aromatic heterocycles. The zero-order chi connectivity index (χ0) is 20.0. The minimum Gasteiger partial charge on any atom is -0.481 e. The van der Waals surface area contributed by atoms with Crippen molar-refractivity contribution in [2.45, 2.75) is 33.8 Å². The van der Waals surface area contributed by atoms with E-state index in [1.54, 1.807) is 24.3 Å². The van der Waals surface area contributed by atoms with Crippen molar-refractivity contribution in [3.05, 3.63) is 58.7 Å². The van der Waals surface area contributed by atoms with Crippen LogP contribution in [0.5, 0.6) is 5.75 Å². The van der Waals surface area contributed by atoms with Gasteiger partial charge < -0.3 is 14.8 Å². The van der Waals surface area contributed by atoms with Crippen LogP contribution in [0.15, 0.2) is 36.4 Å². The van der Waals surface area contributed by atoms with Gasteiger partial charge in [0.2, 0.25) is 0 Å². The molecule has 0 radical (unpaired) electrons. The summed E-state index contributed by atoms with van der Waals surface area (Å²) in [6.07, 6.45) is -0.975. The number of aryl methyl sites for hydroxylation is 3. The van der Waals surface area contributed by atoms with E-state index in [1.165, 1.54) is 6.92 Å². The molecule has 1 amide bonds. The maximum Gasteiger partial charge on any atom is 0.344 e. The summed E-state index contributed by atoms with van der Waals surface area (Å²) in [5.74, 6) is -0.445. The van der Waals surface area contributed by atoms with Gasteiger partial charge in [-0.05, 0) is 63.1 Å². The Balaban J connectivity index is 1.87. The largest absolute Gasteiger partial charge is 0.481 e. The Morgan fingerprint density at radius 2 is 1.70 bits per heavy atom. The molecule has 0 fully saturated rings. The normalized spacial score (nSPS) is 11.2. The molecule has 0 aliphatic carbocycles. The summed E-state index contributed by atoms with van der Waals surface area (Å²) in [4.78, 5) is 24.1. The predicted molar refractivity (Wildman–Crippen MR) is 101 cm³/mol. The van der Waals surface area contributed by atoms with Crippen molar-refractivity contribution in [2.24, 2.45) is 0 Å². The van der Waals surface area contributed by atoms with Crippen molar-refractivity contribution in [3.8, 4) is 11.8 Å². The lowest BCUT2D eigenvalue weighted by atomic mass is 10.1. The second kappa shape index (κ2) is 8.86. The van der Waals surface area contributed by atoms with Crippen LogP contribution in [0.1, 0.15) is 29.2 Å². The summed E-state index contributed by atoms with van der Waals surface area (Å²) in [5, 5.41) is 11.4. The summed E-state index contributed by atoms with van der Waals surface area (Å²) < 4.78 is 10.7. The first-order valence-corrected chi connectivity index (χ1v) is 8.51. The van der Waals surface area contributed by atoms with Crippen molar-refractivity contribution in [3.63, 3.8) is 0 Å². The Kier molecular flexibility index (Phi) is 6.56. The van der Waals surface area contributed by atoms with E-state index in [-0.39, 0.29) is 6.61 Å². The van der Waals surface area contributed by atoms with Gasteiger partial charge in [0, 0.05) is 5.69 Å². The van der Waals surface area contributed by atoms with Crippen LogP contribution in [0, 0.1) is 32.1 Å². The van der Waals surface area contributed by atoms with E-state index >= 15 is 0 Å². The van der Waals surface area contributed by atoms with Crippen LogP contribution in [0.4, 0.5) is 5.69 Å². The summed E-state index contributed by atoms with van der Waals surface area (Å²) in [7, 11) is 0. The first-order chi connectivity index (χ1) is 12.8. The molecule has 0 saturated heterocycles. The lowest BCUT2D eigenvalue weighted by molar-refractivity contribution is -0.155. The lowest BCUT2D eigenvalue weighted by Crippen LogP contribution is -2.31. The molecule has 0 bridgehead atoms. The minimum atomic E-state index is -0.975. The van der Waals surface area contributed by atoms with Crippen LogP contribution in [0.3, 0.4) is 0 Å². The summed E-state index contributed by atoms with van der Waals surface area (Å²) in [6, 6.07) is 12.3. The number of nitrogens with zero attached hydrogens (tertiary/aromatic N) is 1. The SMILES string of the molecule is Cc1cc(C)c(OCC(=O)O[C@@H](C)C(=O)Nc2ccc(C#N)cc2)c(C)c1. The molecule has 1 atom stereocenters. The number of nitriles is 1. The Morgan fingerprint density at radius 3 is 2.26 bits per heavy atom. The van der Waals surface area contributed by atoms with E-state index in [1.807, 2.05) is 39.0 Å². The predicted octanol–water partition coefficient (Wildman–Crippen LogP) is 3.43. The fourth-order valence-corrected chi connectivity index (χ4v) is 2.68. The number of rotatable bonds is 6. The molecule has 6 heteroatoms. The molecule has 0 saturated carbocycles. The second-order valence-electron chi connectivity index (χ2n) is 6.33. The van der Waals surface area contributed by atoms with E-state index < -0.39 is 18.0 Å². The second-order valence-corrected chi connectivity index (χ2v) is 6.33. The van der Waals surface area contributed by atoms with E-state index in [0.717, 1.165) is 16.7 Å². The third-order valence-corrected chi connectivity index (χ3v) is 3.90. The topological polar surface area (TPSA) is 88.4 Å². The van der Waals surface area contributed by atoms with Gasteiger partial charge in [0.25, 0.3) is 5.91 Å². The maximum atomic E-state index is 12.1. The quantitative estimate of drug-likeness (QED) is 0.791. The van der Waals surface area contributed by atoms with Crippen LogP contribution >= 0.6 is 0 Å². The van der Waals surface area contributed by atoms with E-state index in [4.69, 9.17) is 14.7 Å². The number of hydrogen-bond donors (Lipinski definition) is 1. The van der Waals surface area contributed by atoms with Gasteiger partial charge in [0.15, 0.2) is 12.7 Å². The van der Waals surface area contributed by atoms with Crippen LogP contribution in [-0.4, -0.2) is 24.6 Å². The third kappa shape index (κ3) is 5.58. The molecule has 0 unspecified atom stereocenters.